The highest BCUT2D eigenvalue weighted by Gasteiger charge is 2.50. The first-order valence-corrected chi connectivity index (χ1v) is 9.87. The van der Waals surface area contributed by atoms with Gasteiger partial charge in [-0.3, -0.25) is 4.98 Å². The number of para-hydroxylation sites is 1. The van der Waals surface area contributed by atoms with E-state index in [1.54, 1.807) is 6.20 Å². The Labute approximate surface area is 136 Å². The van der Waals surface area contributed by atoms with Crippen LogP contribution in [0.3, 0.4) is 0 Å². The van der Waals surface area contributed by atoms with Gasteiger partial charge in [0.1, 0.15) is 0 Å². The van der Waals surface area contributed by atoms with Crippen LogP contribution in [0.25, 0.3) is 10.9 Å². The molecule has 4 nitrogen and oxygen atoms in total. The number of hydrogen-bond acceptors (Lipinski definition) is 4. The van der Waals surface area contributed by atoms with E-state index in [0.717, 1.165) is 22.9 Å². The molecule has 2 aliphatic rings. The number of pyridine rings is 1. The summed E-state index contributed by atoms with van der Waals surface area (Å²) >= 11 is 0. The molecule has 2 aromatic rings. The monoisotopic (exact) mass is 331 g/mol. The van der Waals surface area contributed by atoms with Crippen LogP contribution in [0.5, 0.6) is 0 Å². The molecule has 2 fully saturated rings. The molecular weight excluding hydrogens is 310 g/mol. The van der Waals surface area contributed by atoms with Crippen molar-refractivity contribution < 1.29 is 13.5 Å². The van der Waals surface area contributed by atoms with Crippen molar-refractivity contribution in [1.82, 2.24) is 4.98 Å². The smallest absolute Gasteiger partial charge is 0.156 e. The number of fused-ring (bicyclic) bond motifs is 3. The van der Waals surface area contributed by atoms with E-state index in [4.69, 9.17) is 0 Å². The lowest BCUT2D eigenvalue weighted by Crippen LogP contribution is -2.52. The predicted molar refractivity (Wildman–Crippen MR) is 90.0 cm³/mol. The zero-order valence-electron chi connectivity index (χ0n) is 13.0. The number of aliphatic hydroxyl groups is 1. The first kappa shape index (κ1) is 15.1. The second-order valence-corrected chi connectivity index (χ2v) is 9.58. The average molecular weight is 331 g/mol. The molecule has 2 atom stereocenters. The fourth-order valence-electron chi connectivity index (χ4n) is 4.35. The van der Waals surface area contributed by atoms with Crippen molar-refractivity contribution in [2.45, 2.75) is 54.6 Å². The Morgan fingerprint density at radius 3 is 2.57 bits per heavy atom. The maximum atomic E-state index is 12.4. The van der Waals surface area contributed by atoms with Crippen LogP contribution in [0.1, 0.15) is 37.7 Å². The van der Waals surface area contributed by atoms with E-state index in [1.165, 1.54) is 0 Å². The molecule has 0 spiro atoms. The molecular formula is C18H21NO3S. The van der Waals surface area contributed by atoms with Gasteiger partial charge in [-0.2, -0.15) is 0 Å². The SMILES string of the molecule is O=S1(=O)C2CCCC1CC(O)(Cc1cccc3cccnc13)C2. The third kappa shape index (κ3) is 2.56. The number of rotatable bonds is 2. The molecule has 2 saturated heterocycles. The molecule has 0 amide bonds. The lowest BCUT2D eigenvalue weighted by atomic mass is 9.81. The van der Waals surface area contributed by atoms with Gasteiger partial charge in [0.2, 0.25) is 0 Å². The Morgan fingerprint density at radius 2 is 1.83 bits per heavy atom. The van der Waals surface area contributed by atoms with E-state index in [0.29, 0.717) is 32.1 Å². The number of nitrogens with zero attached hydrogens (tertiary/aromatic N) is 1. The summed E-state index contributed by atoms with van der Waals surface area (Å²) in [5.74, 6) is 0. The zero-order chi connectivity index (χ0) is 16.1. The van der Waals surface area contributed by atoms with Crippen LogP contribution in [0.15, 0.2) is 36.5 Å². The maximum absolute atomic E-state index is 12.4. The summed E-state index contributed by atoms with van der Waals surface area (Å²) in [4.78, 5) is 4.45. The Bertz CT molecular complexity index is 821. The van der Waals surface area contributed by atoms with Crippen molar-refractivity contribution in [2.75, 3.05) is 0 Å². The van der Waals surface area contributed by atoms with Gasteiger partial charge in [-0.05, 0) is 37.3 Å². The van der Waals surface area contributed by atoms with Crippen molar-refractivity contribution >= 4 is 20.7 Å². The zero-order valence-corrected chi connectivity index (χ0v) is 13.8. The van der Waals surface area contributed by atoms with Crippen LogP contribution >= 0.6 is 0 Å². The second-order valence-electron chi connectivity index (χ2n) is 7.07. The van der Waals surface area contributed by atoms with Crippen LogP contribution in [-0.4, -0.2) is 34.6 Å². The van der Waals surface area contributed by atoms with Crippen LogP contribution in [-0.2, 0) is 16.3 Å². The van der Waals surface area contributed by atoms with Gasteiger partial charge in [-0.1, -0.05) is 30.7 Å². The van der Waals surface area contributed by atoms with Gasteiger partial charge in [-0.15, -0.1) is 0 Å². The van der Waals surface area contributed by atoms with E-state index in [-0.39, 0.29) is 10.5 Å². The molecule has 1 aromatic heterocycles. The number of sulfone groups is 1. The molecule has 2 aliphatic heterocycles. The largest absolute Gasteiger partial charge is 0.389 e. The topological polar surface area (TPSA) is 67.3 Å². The average Bonchev–Trinajstić information content (AvgIpc) is 2.50. The number of aromatic nitrogens is 1. The molecule has 0 aliphatic carbocycles. The molecule has 4 rings (SSSR count). The summed E-state index contributed by atoms with van der Waals surface area (Å²) in [6.07, 6.45) is 5.29. The normalized spacial score (nSPS) is 32.7. The molecule has 3 heterocycles. The highest BCUT2D eigenvalue weighted by molar-refractivity contribution is 7.92. The van der Waals surface area contributed by atoms with Crippen molar-refractivity contribution in [3.63, 3.8) is 0 Å². The molecule has 2 unspecified atom stereocenters. The summed E-state index contributed by atoms with van der Waals surface area (Å²) in [5, 5.41) is 11.4. The summed E-state index contributed by atoms with van der Waals surface area (Å²) in [7, 11) is -3.05. The molecule has 5 heteroatoms. The summed E-state index contributed by atoms with van der Waals surface area (Å²) in [6, 6.07) is 9.89. The van der Waals surface area contributed by atoms with Gasteiger partial charge in [0.25, 0.3) is 0 Å². The van der Waals surface area contributed by atoms with Gasteiger partial charge < -0.3 is 5.11 Å². The van der Waals surface area contributed by atoms with E-state index < -0.39 is 15.4 Å². The maximum Gasteiger partial charge on any atom is 0.156 e. The highest BCUT2D eigenvalue weighted by atomic mass is 32.2. The fourth-order valence-corrected chi connectivity index (χ4v) is 6.97. The third-order valence-corrected chi connectivity index (χ3v) is 8.10. The first-order chi connectivity index (χ1) is 11.0. The van der Waals surface area contributed by atoms with Crippen molar-refractivity contribution in [2.24, 2.45) is 0 Å². The Kier molecular flexibility index (Phi) is 3.46. The minimum absolute atomic E-state index is 0.356. The second kappa shape index (κ2) is 5.28. The molecule has 0 saturated carbocycles. The Balaban J connectivity index is 1.68. The summed E-state index contributed by atoms with van der Waals surface area (Å²) in [6.45, 7) is 0. The van der Waals surface area contributed by atoms with Crippen LogP contribution in [0.4, 0.5) is 0 Å². The lowest BCUT2D eigenvalue weighted by molar-refractivity contribution is 0.0101. The fraction of sp³-hybridized carbons (Fsp3) is 0.500. The Morgan fingerprint density at radius 1 is 1.13 bits per heavy atom. The number of benzene rings is 1. The van der Waals surface area contributed by atoms with Crippen LogP contribution in [0, 0.1) is 0 Å². The van der Waals surface area contributed by atoms with Crippen molar-refractivity contribution in [3.05, 3.63) is 42.1 Å². The van der Waals surface area contributed by atoms with Gasteiger partial charge in [0, 0.05) is 18.0 Å². The standard InChI is InChI=1S/C18H21NO3S/c20-18(11-15-7-2-8-16(12-18)23(15,21)22)10-14-5-1-4-13-6-3-9-19-17(13)14/h1,3-6,9,15-16,20H,2,7-8,10-12H2. The molecule has 1 N–H and O–H groups in total. The van der Waals surface area contributed by atoms with Gasteiger partial charge in [0.15, 0.2) is 9.84 Å². The third-order valence-electron chi connectivity index (χ3n) is 5.43. The predicted octanol–water partition coefficient (Wildman–Crippen LogP) is 2.64. The minimum atomic E-state index is -3.05. The van der Waals surface area contributed by atoms with Gasteiger partial charge >= 0.3 is 0 Å². The molecule has 1 aromatic carbocycles. The molecule has 0 radical (unpaired) electrons. The van der Waals surface area contributed by atoms with E-state index in [1.807, 2.05) is 30.3 Å². The molecule has 2 bridgehead atoms. The minimum Gasteiger partial charge on any atom is -0.389 e. The summed E-state index contributed by atoms with van der Waals surface area (Å²) < 4.78 is 24.8. The van der Waals surface area contributed by atoms with Gasteiger partial charge in [-0.25, -0.2) is 8.42 Å². The van der Waals surface area contributed by atoms with Gasteiger partial charge in [0.05, 0.1) is 21.6 Å². The van der Waals surface area contributed by atoms with E-state index in [2.05, 4.69) is 4.98 Å². The highest BCUT2D eigenvalue weighted by Crippen LogP contribution is 2.43. The van der Waals surface area contributed by atoms with Crippen LogP contribution in [0.2, 0.25) is 0 Å². The van der Waals surface area contributed by atoms with Crippen LogP contribution < -0.4 is 0 Å². The first-order valence-electron chi connectivity index (χ1n) is 8.26. The molecule has 23 heavy (non-hydrogen) atoms. The van der Waals surface area contributed by atoms with E-state index >= 15 is 0 Å². The quantitative estimate of drug-likeness (QED) is 0.918. The number of hydrogen-bond donors (Lipinski definition) is 1. The Hall–Kier alpha value is -1.46. The van der Waals surface area contributed by atoms with Crippen molar-refractivity contribution in [3.8, 4) is 0 Å². The lowest BCUT2D eigenvalue weighted by Gasteiger charge is -2.44. The van der Waals surface area contributed by atoms with Crippen molar-refractivity contribution in [1.29, 1.82) is 0 Å². The molecule has 122 valence electrons. The summed E-state index contributed by atoms with van der Waals surface area (Å²) in [5.41, 5.74) is 0.970. The van der Waals surface area contributed by atoms with E-state index in [9.17, 15) is 13.5 Å².